The van der Waals surface area contributed by atoms with Gasteiger partial charge in [0.1, 0.15) is 18.2 Å². The lowest BCUT2D eigenvalue weighted by Crippen LogP contribution is -2.41. The highest BCUT2D eigenvalue weighted by molar-refractivity contribution is 5.92. The number of hydrogen-bond donors (Lipinski definition) is 3. The maximum absolute atomic E-state index is 12.5. The molecule has 7 heteroatoms. The van der Waals surface area contributed by atoms with Gasteiger partial charge < -0.3 is 15.4 Å². The van der Waals surface area contributed by atoms with E-state index in [-0.39, 0.29) is 12.4 Å². The van der Waals surface area contributed by atoms with Crippen molar-refractivity contribution in [3.63, 3.8) is 0 Å². The SMILES string of the molecule is C=C/C=C\C=C(C)C.CC.CC.CCCCCc1ccc(NC[C@@H](C=O)NC(=O)c2n[nH]c(Cc3ccccc3)n2)c(C)c1. The number of nitrogens with one attached hydrogen (secondary N) is 3. The van der Waals surface area contributed by atoms with E-state index in [9.17, 15) is 9.59 Å². The van der Waals surface area contributed by atoms with Crippen LogP contribution in [0.3, 0.4) is 0 Å². The summed E-state index contributed by atoms with van der Waals surface area (Å²) in [5.41, 5.74) is 5.76. The fraction of sp³-hybridized carbons (Fsp3) is 0.405. The standard InChI is InChI=1S/C25H31N5O2.C8H12.2C2H6/c1-3-4-6-9-20-12-13-22(18(2)14-20)26-16-21(17-31)27-25(32)24-28-23(29-30-24)15-19-10-7-5-8-11-19;1-4-5-6-7-8(2)3;2*1-2/h5,7-8,10-14,17,21,26H,3-4,6,9,15-16H2,1-2H3,(H,27,32)(H,28,29,30);4-7H,1H2,2-3H3;2*1-2H3/b;6-5-;;/t21-;;;/m0.../s1. The lowest BCUT2D eigenvalue weighted by molar-refractivity contribution is -0.109. The number of allylic oxidation sites excluding steroid dienone is 5. The van der Waals surface area contributed by atoms with Gasteiger partial charge in [-0.25, -0.2) is 4.98 Å². The lowest BCUT2D eigenvalue weighted by Gasteiger charge is -2.15. The first-order chi connectivity index (χ1) is 21.4. The van der Waals surface area contributed by atoms with Gasteiger partial charge in [-0.05, 0) is 56.4 Å². The molecule has 0 fully saturated rings. The van der Waals surface area contributed by atoms with Crippen LogP contribution in [-0.4, -0.2) is 40.0 Å². The molecule has 0 saturated carbocycles. The summed E-state index contributed by atoms with van der Waals surface area (Å²) in [5, 5.41) is 12.7. The van der Waals surface area contributed by atoms with Crippen molar-refractivity contribution in [3.05, 3.63) is 113 Å². The van der Waals surface area contributed by atoms with E-state index < -0.39 is 11.9 Å². The number of nitrogens with zero attached hydrogens (tertiary/aromatic N) is 2. The van der Waals surface area contributed by atoms with Crippen molar-refractivity contribution in [2.75, 3.05) is 11.9 Å². The predicted octanol–water partition coefficient (Wildman–Crippen LogP) is 8.59. The smallest absolute Gasteiger partial charge is 0.291 e. The maximum Gasteiger partial charge on any atom is 0.291 e. The molecule has 0 radical (unpaired) electrons. The van der Waals surface area contributed by atoms with Gasteiger partial charge >= 0.3 is 0 Å². The van der Waals surface area contributed by atoms with Crippen LogP contribution in [-0.2, 0) is 17.6 Å². The summed E-state index contributed by atoms with van der Waals surface area (Å²) < 4.78 is 0. The van der Waals surface area contributed by atoms with Crippen LogP contribution in [0.25, 0.3) is 0 Å². The van der Waals surface area contributed by atoms with Crippen molar-refractivity contribution in [2.24, 2.45) is 0 Å². The number of aldehydes is 1. The molecule has 0 aliphatic carbocycles. The average Bonchev–Trinajstić information content (AvgIpc) is 3.51. The number of carbonyl (C=O) groups excluding carboxylic acids is 2. The molecule has 3 aromatic rings. The van der Waals surface area contributed by atoms with Gasteiger partial charge in [0.25, 0.3) is 5.91 Å². The van der Waals surface area contributed by atoms with Gasteiger partial charge in [0.05, 0.1) is 0 Å². The Morgan fingerprint density at radius 1 is 1.00 bits per heavy atom. The molecule has 0 spiro atoms. The van der Waals surface area contributed by atoms with Crippen LogP contribution in [0, 0.1) is 6.92 Å². The maximum atomic E-state index is 12.5. The minimum Gasteiger partial charge on any atom is -0.382 e. The number of unbranched alkanes of at least 4 members (excludes halogenated alkanes) is 2. The van der Waals surface area contributed by atoms with Crippen molar-refractivity contribution in [1.29, 1.82) is 0 Å². The number of hydrogen-bond acceptors (Lipinski definition) is 5. The second-order valence-corrected chi connectivity index (χ2v) is 9.84. The van der Waals surface area contributed by atoms with Gasteiger partial charge in [-0.3, -0.25) is 9.89 Å². The number of anilines is 1. The first-order valence-corrected chi connectivity index (χ1v) is 15.8. The van der Waals surface area contributed by atoms with E-state index in [4.69, 9.17) is 0 Å². The summed E-state index contributed by atoms with van der Waals surface area (Å²) in [6, 6.07) is 15.4. The summed E-state index contributed by atoms with van der Waals surface area (Å²) in [4.78, 5) is 28.3. The molecule has 1 atom stereocenters. The fourth-order valence-corrected chi connectivity index (χ4v) is 3.84. The molecule has 1 amide bonds. The highest BCUT2D eigenvalue weighted by Gasteiger charge is 2.17. The van der Waals surface area contributed by atoms with E-state index in [1.54, 1.807) is 6.08 Å². The number of aromatic amines is 1. The molecular weight excluding hydrogens is 546 g/mol. The first-order valence-electron chi connectivity index (χ1n) is 15.8. The molecule has 240 valence electrons. The van der Waals surface area contributed by atoms with Crippen LogP contribution < -0.4 is 10.6 Å². The van der Waals surface area contributed by atoms with E-state index in [1.165, 1.54) is 30.4 Å². The molecule has 0 aliphatic heterocycles. The van der Waals surface area contributed by atoms with Gasteiger partial charge in [-0.1, -0.05) is 126 Å². The number of aryl methyl sites for hydroxylation is 2. The average molecular weight is 602 g/mol. The third kappa shape index (κ3) is 17.0. The number of amides is 1. The zero-order chi connectivity index (χ0) is 33.2. The largest absolute Gasteiger partial charge is 0.382 e. The van der Waals surface area contributed by atoms with Crippen LogP contribution >= 0.6 is 0 Å². The Balaban J connectivity index is 0.00000132. The predicted molar refractivity (Wildman–Crippen MR) is 187 cm³/mol. The van der Waals surface area contributed by atoms with E-state index in [2.05, 4.69) is 65.3 Å². The van der Waals surface area contributed by atoms with E-state index in [0.717, 1.165) is 29.5 Å². The molecule has 0 saturated heterocycles. The van der Waals surface area contributed by atoms with Crippen molar-refractivity contribution in [2.45, 2.75) is 93.5 Å². The molecule has 0 bridgehead atoms. The fourth-order valence-electron chi connectivity index (χ4n) is 3.84. The second-order valence-electron chi connectivity index (χ2n) is 9.84. The van der Waals surface area contributed by atoms with Gasteiger partial charge in [0, 0.05) is 18.7 Å². The van der Waals surface area contributed by atoms with E-state index in [1.807, 2.05) is 89.2 Å². The third-order valence-electron chi connectivity index (χ3n) is 5.98. The topological polar surface area (TPSA) is 99.8 Å². The Bertz CT molecular complexity index is 1260. The van der Waals surface area contributed by atoms with Crippen molar-refractivity contribution >= 4 is 17.9 Å². The molecule has 3 N–H and O–H groups in total. The van der Waals surface area contributed by atoms with Gasteiger partial charge in [-0.2, -0.15) is 0 Å². The summed E-state index contributed by atoms with van der Waals surface area (Å²) in [5.74, 6) is 0.134. The van der Waals surface area contributed by atoms with Crippen LogP contribution in [0.2, 0.25) is 0 Å². The minimum absolute atomic E-state index is 0.0235. The zero-order valence-corrected chi connectivity index (χ0v) is 28.2. The van der Waals surface area contributed by atoms with Crippen LogP contribution in [0.5, 0.6) is 0 Å². The molecule has 0 unspecified atom stereocenters. The Morgan fingerprint density at radius 3 is 2.30 bits per heavy atom. The number of aromatic nitrogens is 3. The summed E-state index contributed by atoms with van der Waals surface area (Å²) in [7, 11) is 0. The molecule has 0 aliphatic rings. The Morgan fingerprint density at radius 2 is 1.70 bits per heavy atom. The van der Waals surface area contributed by atoms with Crippen LogP contribution in [0.4, 0.5) is 5.69 Å². The molecule has 2 aromatic carbocycles. The van der Waals surface area contributed by atoms with E-state index in [0.29, 0.717) is 12.2 Å². The molecule has 1 aromatic heterocycles. The first kappa shape index (κ1) is 39.7. The van der Waals surface area contributed by atoms with Crippen molar-refractivity contribution in [1.82, 2.24) is 20.5 Å². The van der Waals surface area contributed by atoms with Crippen molar-refractivity contribution in [3.8, 4) is 0 Å². The van der Waals surface area contributed by atoms with Crippen molar-refractivity contribution < 1.29 is 9.59 Å². The summed E-state index contributed by atoms with van der Waals surface area (Å²) >= 11 is 0. The molecule has 3 rings (SSSR count). The van der Waals surface area contributed by atoms with Gasteiger partial charge in [0.2, 0.25) is 5.82 Å². The zero-order valence-electron chi connectivity index (χ0n) is 28.2. The minimum atomic E-state index is -0.692. The third-order valence-corrected chi connectivity index (χ3v) is 5.98. The molecule has 44 heavy (non-hydrogen) atoms. The highest BCUT2D eigenvalue weighted by Crippen LogP contribution is 2.18. The van der Waals surface area contributed by atoms with Crippen LogP contribution in [0.15, 0.2) is 85.0 Å². The highest BCUT2D eigenvalue weighted by atomic mass is 16.2. The van der Waals surface area contributed by atoms with Gasteiger partial charge in [0.15, 0.2) is 0 Å². The normalized spacial score (nSPS) is 10.5. The molecular formula is C37H55N5O2. The summed E-state index contributed by atoms with van der Waals surface area (Å²) in [6.45, 7) is 20.2. The van der Waals surface area contributed by atoms with Gasteiger partial charge in [-0.15, -0.1) is 5.10 Å². The summed E-state index contributed by atoms with van der Waals surface area (Å²) in [6.07, 6.45) is 13.7. The Hall–Kier alpha value is -4.26. The van der Waals surface area contributed by atoms with Crippen LogP contribution in [0.1, 0.15) is 101 Å². The lowest BCUT2D eigenvalue weighted by atomic mass is 10.0. The number of rotatable bonds is 14. The van der Waals surface area contributed by atoms with E-state index >= 15 is 0 Å². The number of carbonyl (C=O) groups is 2. The number of H-pyrrole nitrogens is 1. The molecule has 7 nitrogen and oxygen atoms in total. The second kappa shape index (κ2) is 25.3. The molecule has 1 heterocycles. The monoisotopic (exact) mass is 601 g/mol. The number of benzene rings is 2. The quantitative estimate of drug-likeness (QED) is 0.0976. The Kier molecular flexibility index (Phi) is 22.8. The Labute approximate surface area is 266 Å².